The summed E-state index contributed by atoms with van der Waals surface area (Å²) in [5, 5.41) is 17.8. The van der Waals surface area contributed by atoms with Crippen LogP contribution in [0.15, 0.2) is 18.2 Å². The van der Waals surface area contributed by atoms with Crippen LogP contribution < -0.4 is 19.1 Å². The van der Waals surface area contributed by atoms with Crippen molar-refractivity contribution in [3.8, 4) is 17.2 Å². The van der Waals surface area contributed by atoms with Gasteiger partial charge in [-0.1, -0.05) is 13.8 Å². The number of carbonyl (C=O) groups is 2. The molecule has 0 aliphatic carbocycles. The molecular weight excluding hydrogens is 585 g/mol. The van der Waals surface area contributed by atoms with Gasteiger partial charge in [0.2, 0.25) is 0 Å². The van der Waals surface area contributed by atoms with Crippen molar-refractivity contribution in [1.29, 1.82) is 5.41 Å². The van der Waals surface area contributed by atoms with Crippen LogP contribution in [0.25, 0.3) is 0 Å². The Hall–Kier alpha value is -3.34. The number of Topliss-reactive ketones (excluding diaryl/α,β-unsaturated/α-hetero) is 1. The van der Waals surface area contributed by atoms with Crippen LogP contribution in [0.2, 0.25) is 0 Å². The van der Waals surface area contributed by atoms with E-state index in [0.717, 1.165) is 24.1 Å². The van der Waals surface area contributed by atoms with Gasteiger partial charge < -0.3 is 29.1 Å². The molecule has 0 amide bonds. The summed E-state index contributed by atoms with van der Waals surface area (Å²) in [6.07, 6.45) is 1.64. The zero-order chi connectivity index (χ0) is 28.4. The lowest BCUT2D eigenvalue weighted by Crippen LogP contribution is -2.35. The predicted molar refractivity (Wildman–Crippen MR) is 156 cm³/mol. The molecule has 1 saturated heterocycles. The highest BCUT2D eigenvalue weighted by atomic mass is 79.9. The number of carbonyl (C=O) groups excluding carboxylic acids is 1. The molecule has 0 atom stereocenters. The van der Waals surface area contributed by atoms with E-state index in [4.69, 9.17) is 24.7 Å². The second-order valence-corrected chi connectivity index (χ2v) is 10.4. The second kappa shape index (κ2) is 12.9. The van der Waals surface area contributed by atoms with E-state index in [2.05, 4.69) is 4.90 Å². The van der Waals surface area contributed by atoms with Crippen LogP contribution >= 0.6 is 17.0 Å². The fourth-order valence-electron chi connectivity index (χ4n) is 5.53. The molecule has 2 N–H and O–H groups in total. The third-order valence-electron chi connectivity index (χ3n) is 7.61. The monoisotopic (exact) mass is 621 g/mol. The van der Waals surface area contributed by atoms with Gasteiger partial charge in [0.05, 0.1) is 39.1 Å². The largest absolute Gasteiger partial charge is 0.494 e. The van der Waals surface area contributed by atoms with Crippen molar-refractivity contribution >= 4 is 40.3 Å². The van der Waals surface area contributed by atoms with Crippen molar-refractivity contribution in [3.63, 3.8) is 0 Å². The number of carboxylic acid groups (broad SMARTS) is 1. The fraction of sp³-hybridized carbons (Fsp3) is 0.483. The van der Waals surface area contributed by atoms with Crippen LogP contribution in [0.3, 0.4) is 0 Å². The van der Waals surface area contributed by atoms with E-state index in [9.17, 15) is 9.59 Å². The third-order valence-corrected chi connectivity index (χ3v) is 7.61. The number of aliphatic carboxylic acids is 1. The van der Waals surface area contributed by atoms with Crippen molar-refractivity contribution in [1.82, 2.24) is 4.90 Å². The van der Waals surface area contributed by atoms with Crippen LogP contribution in [0, 0.1) is 17.1 Å². The van der Waals surface area contributed by atoms with Gasteiger partial charge in [-0.05, 0) is 54.0 Å². The number of hydrogen-bond donors (Lipinski definition) is 2. The number of fused-ring (bicyclic) bond motifs is 1. The average Bonchev–Trinajstić information content (AvgIpc) is 3.22. The Morgan fingerprint density at radius 3 is 2.27 bits per heavy atom. The van der Waals surface area contributed by atoms with E-state index in [-0.39, 0.29) is 77.0 Å². The maximum atomic E-state index is 15.2. The molecular formula is C29H37BrFN3O6. The quantitative estimate of drug-likeness (QED) is 0.345. The highest BCUT2D eigenvalue weighted by molar-refractivity contribution is 8.93. The smallest absolute Gasteiger partial charge is 0.303 e. The van der Waals surface area contributed by atoms with Crippen LogP contribution in [0.1, 0.15) is 66.1 Å². The molecule has 0 radical (unpaired) electrons. The van der Waals surface area contributed by atoms with Crippen LogP contribution in [-0.2, 0) is 11.3 Å². The summed E-state index contributed by atoms with van der Waals surface area (Å²) < 4.78 is 31.4. The zero-order valence-electron chi connectivity index (χ0n) is 23.5. The van der Waals surface area contributed by atoms with E-state index in [1.54, 1.807) is 18.1 Å². The summed E-state index contributed by atoms with van der Waals surface area (Å²) in [5.41, 5.74) is 2.86. The van der Waals surface area contributed by atoms with Crippen molar-refractivity contribution in [2.24, 2.45) is 5.92 Å². The van der Waals surface area contributed by atoms with Crippen LogP contribution in [-0.4, -0.2) is 68.6 Å². The summed E-state index contributed by atoms with van der Waals surface area (Å²) in [6, 6.07) is 5.31. The molecule has 0 bridgehead atoms. The standard InChI is InChI=1S/C29H36FN3O6.BrH/c1-16(2)20-11-18(12-21(27(20)38-4)32-8-6-17(7-9-32)10-24(35)36)22(34)15-33-14-19-13-23(37-3)28(39-5)26(30)25(19)29(33)31;/h11-13,16-17,31H,6-10,14-15H2,1-5H3,(H,35,36);1H. The van der Waals surface area contributed by atoms with Crippen molar-refractivity contribution in [2.75, 3.05) is 45.9 Å². The molecule has 4 rings (SSSR count). The molecule has 2 heterocycles. The van der Waals surface area contributed by atoms with Gasteiger partial charge in [-0.3, -0.25) is 15.0 Å². The van der Waals surface area contributed by atoms with Crippen LogP contribution in [0.5, 0.6) is 17.2 Å². The lowest BCUT2D eigenvalue weighted by molar-refractivity contribution is -0.138. The highest BCUT2D eigenvalue weighted by Gasteiger charge is 2.33. The number of ketones is 1. The number of ether oxygens (including phenoxy) is 3. The fourth-order valence-corrected chi connectivity index (χ4v) is 5.53. The number of amidine groups is 1. The van der Waals surface area contributed by atoms with E-state index < -0.39 is 11.8 Å². The maximum Gasteiger partial charge on any atom is 0.303 e. The number of rotatable bonds is 10. The molecule has 40 heavy (non-hydrogen) atoms. The first-order valence-electron chi connectivity index (χ1n) is 13.1. The van der Waals surface area contributed by atoms with Gasteiger partial charge in [-0.2, -0.15) is 0 Å². The van der Waals surface area contributed by atoms with E-state index in [0.29, 0.717) is 30.0 Å². The number of nitrogens with zero attached hydrogens (tertiary/aromatic N) is 2. The van der Waals surface area contributed by atoms with Gasteiger partial charge in [-0.15, -0.1) is 17.0 Å². The number of nitrogens with one attached hydrogen (secondary N) is 1. The number of methoxy groups -OCH3 is 3. The minimum absolute atomic E-state index is 0. The minimum atomic E-state index is -0.785. The van der Waals surface area contributed by atoms with E-state index >= 15 is 4.39 Å². The van der Waals surface area contributed by atoms with Gasteiger partial charge in [-0.25, -0.2) is 4.39 Å². The molecule has 2 aromatic carbocycles. The van der Waals surface area contributed by atoms with Crippen molar-refractivity contribution in [2.45, 2.75) is 45.6 Å². The summed E-state index contributed by atoms with van der Waals surface area (Å²) in [4.78, 5) is 28.5. The molecule has 0 spiro atoms. The number of hydrogen-bond acceptors (Lipinski definition) is 7. The molecule has 218 valence electrons. The number of piperidine rings is 1. The Labute approximate surface area is 244 Å². The maximum absolute atomic E-state index is 15.2. The molecule has 2 aliphatic rings. The highest BCUT2D eigenvalue weighted by Crippen LogP contribution is 2.41. The molecule has 0 saturated carbocycles. The number of halogens is 2. The molecule has 2 aromatic rings. The Balaban J connectivity index is 0.00000441. The van der Waals surface area contributed by atoms with Gasteiger partial charge in [0.1, 0.15) is 11.6 Å². The molecule has 0 unspecified atom stereocenters. The van der Waals surface area contributed by atoms with Crippen molar-refractivity contribution < 1.29 is 33.3 Å². The van der Waals surface area contributed by atoms with Gasteiger partial charge in [0.15, 0.2) is 23.1 Å². The molecule has 1 fully saturated rings. The first-order valence-corrected chi connectivity index (χ1v) is 13.1. The first kappa shape index (κ1) is 31.2. The summed E-state index contributed by atoms with van der Waals surface area (Å²) in [5.74, 6) is -0.640. The minimum Gasteiger partial charge on any atom is -0.494 e. The number of benzene rings is 2. The summed E-state index contributed by atoms with van der Waals surface area (Å²) in [6.45, 7) is 5.50. The average molecular weight is 623 g/mol. The summed E-state index contributed by atoms with van der Waals surface area (Å²) in [7, 11) is 4.38. The lowest BCUT2D eigenvalue weighted by Gasteiger charge is -2.35. The first-order chi connectivity index (χ1) is 18.6. The Morgan fingerprint density at radius 1 is 1.07 bits per heavy atom. The van der Waals surface area contributed by atoms with Gasteiger partial charge in [0, 0.05) is 31.6 Å². The second-order valence-electron chi connectivity index (χ2n) is 10.4. The third kappa shape index (κ3) is 6.04. The Morgan fingerprint density at radius 2 is 1.73 bits per heavy atom. The summed E-state index contributed by atoms with van der Waals surface area (Å²) >= 11 is 0. The predicted octanol–water partition coefficient (Wildman–Crippen LogP) is 5.27. The SMILES string of the molecule is Br.COc1cc2c(c(F)c1OC)C(=N)N(CC(=O)c1cc(C(C)C)c(OC)c(N3CCC(CC(=O)O)CC3)c1)C2. The van der Waals surface area contributed by atoms with E-state index in [1.165, 1.54) is 14.2 Å². The Kier molecular flexibility index (Phi) is 10.0. The van der Waals surface area contributed by atoms with E-state index in [1.807, 2.05) is 26.0 Å². The number of carboxylic acids is 1. The topological polar surface area (TPSA) is 112 Å². The lowest BCUT2D eigenvalue weighted by atomic mass is 9.91. The van der Waals surface area contributed by atoms with Gasteiger partial charge in [0.25, 0.3) is 0 Å². The normalized spacial score (nSPS) is 15.1. The van der Waals surface area contributed by atoms with Crippen molar-refractivity contribution in [3.05, 3.63) is 46.3 Å². The zero-order valence-corrected chi connectivity index (χ0v) is 25.2. The van der Waals surface area contributed by atoms with Gasteiger partial charge >= 0.3 is 5.97 Å². The molecule has 9 nitrogen and oxygen atoms in total. The van der Waals surface area contributed by atoms with Crippen LogP contribution in [0.4, 0.5) is 10.1 Å². The Bertz CT molecular complexity index is 1290. The molecule has 2 aliphatic heterocycles. The number of anilines is 1. The molecule has 11 heteroatoms. The molecule has 0 aromatic heterocycles.